The molecule has 1 aromatic carbocycles. The van der Waals surface area contributed by atoms with Gasteiger partial charge in [0.05, 0.1) is 18.1 Å². The molecule has 0 bridgehead atoms. The van der Waals surface area contributed by atoms with Crippen molar-refractivity contribution in [2.24, 2.45) is 11.8 Å². The minimum absolute atomic E-state index is 0.0594. The third-order valence-corrected chi connectivity index (χ3v) is 3.89. The van der Waals surface area contributed by atoms with Gasteiger partial charge in [0.1, 0.15) is 0 Å². The lowest BCUT2D eigenvalue weighted by molar-refractivity contribution is -0.148. The van der Waals surface area contributed by atoms with E-state index in [1.165, 1.54) is 0 Å². The van der Waals surface area contributed by atoms with Crippen LogP contribution in [0.2, 0.25) is 0 Å². The van der Waals surface area contributed by atoms with Gasteiger partial charge in [0.15, 0.2) is 6.61 Å². The molecule has 0 unspecified atom stereocenters. The van der Waals surface area contributed by atoms with Gasteiger partial charge in [-0.25, -0.2) is 4.79 Å². The molecule has 1 aromatic rings. The fraction of sp³-hybridized carbons (Fsp3) is 0.500. The van der Waals surface area contributed by atoms with Gasteiger partial charge >= 0.3 is 11.9 Å². The Morgan fingerprint density at radius 1 is 1.17 bits per heavy atom. The minimum atomic E-state index is -0.407. The van der Waals surface area contributed by atoms with Crippen molar-refractivity contribution in [1.82, 2.24) is 0 Å². The quantitative estimate of drug-likeness (QED) is 0.584. The molecule has 1 saturated carbocycles. The molecule has 6 heteroatoms. The Morgan fingerprint density at radius 3 is 2.42 bits per heavy atom. The number of hydrogen-bond donors (Lipinski definition) is 1. The molecule has 0 aliphatic heterocycles. The molecule has 1 amide bonds. The van der Waals surface area contributed by atoms with Crippen LogP contribution < -0.4 is 5.32 Å². The van der Waals surface area contributed by atoms with Crippen LogP contribution in [0.3, 0.4) is 0 Å². The number of carbonyl (C=O) groups is 3. The van der Waals surface area contributed by atoms with Crippen molar-refractivity contribution in [3.05, 3.63) is 29.8 Å². The predicted molar refractivity (Wildman–Crippen MR) is 88.5 cm³/mol. The first-order valence-corrected chi connectivity index (χ1v) is 8.25. The van der Waals surface area contributed by atoms with E-state index in [9.17, 15) is 14.4 Å². The fourth-order valence-electron chi connectivity index (χ4n) is 2.17. The van der Waals surface area contributed by atoms with Gasteiger partial charge in [-0.2, -0.15) is 0 Å². The van der Waals surface area contributed by atoms with Gasteiger partial charge in [0.2, 0.25) is 0 Å². The lowest BCUT2D eigenvalue weighted by atomic mass is 10.2. The maximum Gasteiger partial charge on any atom is 0.338 e. The van der Waals surface area contributed by atoms with Crippen LogP contribution in [0, 0.1) is 11.8 Å². The Hall–Kier alpha value is -2.37. The predicted octanol–water partition coefficient (Wildman–Crippen LogP) is 2.78. The summed E-state index contributed by atoms with van der Waals surface area (Å²) in [5.41, 5.74) is 0.958. The van der Waals surface area contributed by atoms with Crippen molar-refractivity contribution in [3.8, 4) is 0 Å². The average molecular weight is 333 g/mol. The molecular formula is C18H23NO5. The van der Waals surface area contributed by atoms with Crippen molar-refractivity contribution in [2.45, 2.75) is 33.1 Å². The summed E-state index contributed by atoms with van der Waals surface area (Å²) >= 11 is 0. The molecule has 2 atom stereocenters. The second-order valence-corrected chi connectivity index (χ2v) is 6.04. The Balaban J connectivity index is 1.75. The zero-order valence-electron chi connectivity index (χ0n) is 14.0. The Kier molecular flexibility index (Phi) is 6.35. The van der Waals surface area contributed by atoms with E-state index in [1.54, 1.807) is 24.3 Å². The van der Waals surface area contributed by atoms with Crippen molar-refractivity contribution in [2.75, 3.05) is 18.5 Å². The Bertz CT molecular complexity index is 596. The smallest absolute Gasteiger partial charge is 0.338 e. The number of carbonyl (C=O) groups excluding carboxylic acids is 3. The fourth-order valence-corrected chi connectivity index (χ4v) is 2.17. The highest BCUT2D eigenvalue weighted by molar-refractivity contribution is 5.94. The van der Waals surface area contributed by atoms with Crippen molar-refractivity contribution in [3.63, 3.8) is 0 Å². The molecular weight excluding hydrogens is 310 g/mol. The average Bonchev–Trinajstić information content (AvgIpc) is 3.30. The van der Waals surface area contributed by atoms with Gasteiger partial charge < -0.3 is 14.8 Å². The van der Waals surface area contributed by atoms with Gasteiger partial charge in [0.25, 0.3) is 5.91 Å². The summed E-state index contributed by atoms with van der Waals surface area (Å²) in [6.45, 7) is 4.09. The number of benzene rings is 1. The molecule has 6 nitrogen and oxygen atoms in total. The first-order valence-electron chi connectivity index (χ1n) is 8.25. The van der Waals surface area contributed by atoms with Crippen molar-refractivity contribution in [1.29, 1.82) is 0 Å². The van der Waals surface area contributed by atoms with Crippen LogP contribution in [0.25, 0.3) is 0 Å². The molecule has 0 aromatic heterocycles. The lowest BCUT2D eigenvalue weighted by Crippen LogP contribution is -2.21. The van der Waals surface area contributed by atoms with Crippen LogP contribution in [0.5, 0.6) is 0 Å². The molecule has 24 heavy (non-hydrogen) atoms. The molecule has 2 rings (SSSR count). The standard InChI is InChI=1S/C18H23NO5/c1-3-4-9-23-17(21)13-5-7-14(8-6-13)19-16(20)11-24-18(22)15-10-12(15)2/h5-8,12,15H,3-4,9-11H2,1-2H3,(H,19,20)/t12-,15-/m0/s1. The summed E-state index contributed by atoms with van der Waals surface area (Å²) in [4.78, 5) is 35.1. The summed E-state index contributed by atoms with van der Waals surface area (Å²) in [5.74, 6) is -0.812. The summed E-state index contributed by atoms with van der Waals surface area (Å²) in [7, 11) is 0. The summed E-state index contributed by atoms with van der Waals surface area (Å²) < 4.78 is 10.1. The van der Waals surface area contributed by atoms with Crippen LogP contribution in [-0.4, -0.2) is 31.1 Å². The Morgan fingerprint density at radius 2 is 1.83 bits per heavy atom. The second-order valence-electron chi connectivity index (χ2n) is 6.04. The highest BCUT2D eigenvalue weighted by atomic mass is 16.5. The molecule has 0 saturated heterocycles. The van der Waals surface area contributed by atoms with E-state index in [2.05, 4.69) is 5.32 Å². The SMILES string of the molecule is CCCCOC(=O)c1ccc(NC(=O)COC(=O)[C@H]2C[C@@H]2C)cc1. The van der Waals surface area contributed by atoms with Crippen LogP contribution >= 0.6 is 0 Å². The number of amides is 1. The maximum atomic E-state index is 11.8. The van der Waals surface area contributed by atoms with Crippen LogP contribution in [0.4, 0.5) is 5.69 Å². The molecule has 0 spiro atoms. The van der Waals surface area contributed by atoms with Gasteiger partial charge in [0, 0.05) is 5.69 Å². The van der Waals surface area contributed by atoms with E-state index >= 15 is 0 Å². The summed E-state index contributed by atoms with van der Waals surface area (Å²) in [6, 6.07) is 6.39. The largest absolute Gasteiger partial charge is 0.462 e. The number of unbranched alkanes of at least 4 members (excludes halogenated alkanes) is 1. The highest BCUT2D eigenvalue weighted by Gasteiger charge is 2.40. The first kappa shape index (κ1) is 18.0. The highest BCUT2D eigenvalue weighted by Crippen LogP contribution is 2.38. The summed E-state index contributed by atoms with van der Waals surface area (Å²) in [5, 5.41) is 2.62. The van der Waals surface area contributed by atoms with Gasteiger partial charge in [-0.1, -0.05) is 20.3 Å². The zero-order chi connectivity index (χ0) is 17.5. The second kappa shape index (κ2) is 8.47. The van der Waals surface area contributed by atoms with Crippen molar-refractivity contribution >= 4 is 23.5 Å². The Labute approximate surface area is 141 Å². The van der Waals surface area contributed by atoms with Gasteiger partial charge in [-0.05, 0) is 43.0 Å². The normalized spacial score (nSPS) is 18.6. The first-order chi connectivity index (χ1) is 11.5. The third kappa shape index (κ3) is 5.37. The molecule has 0 heterocycles. The van der Waals surface area contributed by atoms with Gasteiger partial charge in [-0.15, -0.1) is 0 Å². The number of nitrogens with one attached hydrogen (secondary N) is 1. The number of hydrogen-bond acceptors (Lipinski definition) is 5. The molecule has 130 valence electrons. The van der Waals surface area contributed by atoms with E-state index in [-0.39, 0.29) is 24.5 Å². The number of rotatable bonds is 8. The third-order valence-electron chi connectivity index (χ3n) is 3.89. The lowest BCUT2D eigenvalue weighted by Gasteiger charge is -2.08. The van der Waals surface area contributed by atoms with Gasteiger partial charge in [-0.3, -0.25) is 9.59 Å². The van der Waals surface area contributed by atoms with E-state index < -0.39 is 5.91 Å². The van der Waals surface area contributed by atoms with E-state index in [1.807, 2.05) is 13.8 Å². The summed E-state index contributed by atoms with van der Waals surface area (Å²) in [6.07, 6.45) is 2.62. The number of esters is 2. The zero-order valence-corrected chi connectivity index (χ0v) is 14.0. The van der Waals surface area contributed by atoms with E-state index in [4.69, 9.17) is 9.47 Å². The maximum absolute atomic E-state index is 11.8. The minimum Gasteiger partial charge on any atom is -0.462 e. The molecule has 1 N–H and O–H groups in total. The molecule has 0 radical (unpaired) electrons. The van der Waals surface area contributed by atoms with Crippen LogP contribution in [0.15, 0.2) is 24.3 Å². The monoisotopic (exact) mass is 333 g/mol. The van der Waals surface area contributed by atoms with Crippen LogP contribution in [-0.2, 0) is 19.1 Å². The number of anilines is 1. The molecule has 1 fully saturated rings. The van der Waals surface area contributed by atoms with Crippen molar-refractivity contribution < 1.29 is 23.9 Å². The topological polar surface area (TPSA) is 81.7 Å². The molecule has 1 aliphatic carbocycles. The van der Waals surface area contributed by atoms with E-state index in [0.29, 0.717) is 23.8 Å². The molecule has 1 aliphatic rings. The van der Waals surface area contributed by atoms with Crippen LogP contribution in [0.1, 0.15) is 43.5 Å². The number of ether oxygens (including phenoxy) is 2. The van der Waals surface area contributed by atoms with E-state index in [0.717, 1.165) is 19.3 Å².